The summed E-state index contributed by atoms with van der Waals surface area (Å²) in [5.41, 5.74) is 7.98. The van der Waals surface area contributed by atoms with Crippen molar-refractivity contribution in [3.63, 3.8) is 0 Å². The molecule has 4 N–H and O–H groups in total. The maximum Gasteiger partial charge on any atom is 0.308 e. The van der Waals surface area contributed by atoms with Crippen molar-refractivity contribution in [3.8, 4) is 5.75 Å². The molecule has 7 nitrogen and oxygen atoms in total. The minimum absolute atomic E-state index is 0. The summed E-state index contributed by atoms with van der Waals surface area (Å²) < 4.78 is 15.9. The largest absolute Gasteiger partial charge is 0.506 e. The van der Waals surface area contributed by atoms with Gasteiger partial charge in [0.05, 0.1) is 4.70 Å². The number of aryl methyl sites for hydroxylation is 2. The average molecular weight is 691 g/mol. The molecule has 0 radical (unpaired) electrons. The first-order valence-electron chi connectivity index (χ1n) is 13.3. The number of nitrogens with zero attached hydrogens (tertiary/aromatic N) is 2. The van der Waals surface area contributed by atoms with Crippen LogP contribution in [0.25, 0.3) is 10.2 Å². The number of halogens is 3. The summed E-state index contributed by atoms with van der Waals surface area (Å²) in [5, 5.41) is 14.0. The van der Waals surface area contributed by atoms with Crippen molar-refractivity contribution in [2.45, 2.75) is 64.0 Å². The van der Waals surface area contributed by atoms with Crippen LogP contribution in [0.5, 0.6) is 5.75 Å². The second-order valence-corrected chi connectivity index (χ2v) is 10.7. The number of nitrogens with one attached hydrogen (secondary N) is 1. The third-order valence-corrected chi connectivity index (χ3v) is 8.23. The van der Waals surface area contributed by atoms with Crippen LogP contribution in [0.2, 0.25) is 0 Å². The molecule has 2 aromatic carbocycles. The van der Waals surface area contributed by atoms with Crippen LogP contribution in [0.3, 0.4) is 0 Å². The zero-order valence-electron chi connectivity index (χ0n) is 22.1. The van der Waals surface area contributed by atoms with Crippen molar-refractivity contribution < 1.29 is 14.3 Å². The number of amides is 1. The number of phenolic OH excluding ortho intramolecular Hbond substituents is 1. The van der Waals surface area contributed by atoms with Gasteiger partial charge in [-0.1, -0.05) is 48.8 Å². The van der Waals surface area contributed by atoms with E-state index in [1.165, 1.54) is 31.4 Å². The molecule has 3 aromatic rings. The lowest BCUT2D eigenvalue weighted by molar-refractivity contribution is -0.133. The van der Waals surface area contributed by atoms with Crippen molar-refractivity contribution in [1.29, 1.82) is 0 Å². The van der Waals surface area contributed by atoms with Gasteiger partial charge in [-0.25, -0.2) is 4.39 Å². The number of aromatic nitrogens is 1. The van der Waals surface area contributed by atoms with E-state index < -0.39 is 0 Å². The van der Waals surface area contributed by atoms with Gasteiger partial charge in [-0.2, -0.15) is 0 Å². The minimum atomic E-state index is -0.303. The monoisotopic (exact) mass is 688 g/mol. The number of thiazole rings is 1. The highest BCUT2D eigenvalue weighted by Crippen LogP contribution is 2.30. The predicted octanol–water partition coefficient (Wildman–Crippen LogP) is 4.95. The first-order valence-corrected chi connectivity index (χ1v) is 14.1. The predicted molar refractivity (Wildman–Crippen MR) is 167 cm³/mol. The molecule has 1 amide bonds. The molecule has 0 spiro atoms. The van der Waals surface area contributed by atoms with E-state index in [2.05, 4.69) is 5.32 Å². The molecule has 216 valence electrons. The van der Waals surface area contributed by atoms with E-state index in [0.29, 0.717) is 63.5 Å². The molecule has 0 bridgehead atoms. The summed E-state index contributed by atoms with van der Waals surface area (Å²) in [7, 11) is 0. The van der Waals surface area contributed by atoms with Crippen LogP contribution in [0.4, 0.5) is 4.39 Å². The van der Waals surface area contributed by atoms with Gasteiger partial charge in [0, 0.05) is 38.6 Å². The van der Waals surface area contributed by atoms with Crippen LogP contribution >= 0.6 is 45.3 Å². The summed E-state index contributed by atoms with van der Waals surface area (Å²) in [5.74, 6) is -0.0881. The third kappa shape index (κ3) is 8.85. The molecule has 0 atom stereocenters. The van der Waals surface area contributed by atoms with Gasteiger partial charge >= 0.3 is 4.87 Å². The van der Waals surface area contributed by atoms with Gasteiger partial charge in [0.2, 0.25) is 5.91 Å². The number of fused-ring (bicyclic) bond motifs is 1. The highest BCUT2D eigenvalue weighted by molar-refractivity contribution is 8.93. The lowest BCUT2D eigenvalue weighted by Gasteiger charge is -2.34. The Hall–Kier alpha value is -1.79. The van der Waals surface area contributed by atoms with E-state index in [-0.39, 0.29) is 56.3 Å². The van der Waals surface area contributed by atoms with Crippen molar-refractivity contribution in [1.82, 2.24) is 14.8 Å². The number of rotatable bonds is 12. The van der Waals surface area contributed by atoms with Crippen LogP contribution in [0, 0.1) is 5.82 Å². The van der Waals surface area contributed by atoms with Crippen LogP contribution in [0.15, 0.2) is 41.2 Å². The van der Waals surface area contributed by atoms with Gasteiger partial charge in [-0.15, -0.1) is 34.0 Å². The van der Waals surface area contributed by atoms with E-state index >= 15 is 0 Å². The molecule has 39 heavy (non-hydrogen) atoms. The van der Waals surface area contributed by atoms with E-state index in [4.69, 9.17) is 5.73 Å². The van der Waals surface area contributed by atoms with E-state index in [1.54, 1.807) is 16.7 Å². The lowest BCUT2D eigenvalue weighted by Crippen LogP contribution is -2.45. The van der Waals surface area contributed by atoms with Crippen molar-refractivity contribution in [3.05, 3.63) is 63.0 Å². The molecule has 11 heteroatoms. The van der Waals surface area contributed by atoms with Gasteiger partial charge in [0.1, 0.15) is 17.1 Å². The fourth-order valence-corrected chi connectivity index (χ4v) is 6.34. The van der Waals surface area contributed by atoms with Gasteiger partial charge < -0.3 is 21.1 Å². The van der Waals surface area contributed by atoms with E-state index in [0.717, 1.165) is 40.0 Å². The number of hydrogen-bond donors (Lipinski definition) is 3. The number of aromatic hydroxyl groups is 1. The maximum atomic E-state index is 13.5. The molecular weight excluding hydrogens is 651 g/mol. The summed E-state index contributed by atoms with van der Waals surface area (Å²) in [6.45, 7) is 2.79. The fourth-order valence-electron chi connectivity index (χ4n) is 5.26. The molecular formula is C28H39Br2FN4O3S. The summed E-state index contributed by atoms with van der Waals surface area (Å²) in [6.07, 6.45) is 7.30. The zero-order chi connectivity index (χ0) is 26.2. The molecule has 1 aliphatic rings. The fraction of sp³-hybridized carbons (Fsp3) is 0.500. The molecule has 1 aromatic heterocycles. The number of carbonyl (C=O) groups is 1. The molecule has 0 saturated heterocycles. The Balaban J connectivity index is 0.00000267. The van der Waals surface area contributed by atoms with E-state index in [9.17, 15) is 19.1 Å². The third-order valence-electron chi connectivity index (χ3n) is 7.18. The molecule has 1 heterocycles. The first-order chi connectivity index (χ1) is 18.0. The lowest BCUT2D eigenvalue weighted by atomic mass is 9.94. The number of hydrogen-bond acceptors (Lipinski definition) is 6. The summed E-state index contributed by atoms with van der Waals surface area (Å²) in [4.78, 5) is 27.3. The zero-order valence-corrected chi connectivity index (χ0v) is 26.3. The Bertz CT molecular complexity index is 1260. The Morgan fingerprint density at radius 1 is 1.13 bits per heavy atom. The molecule has 4 rings (SSSR count). The van der Waals surface area contributed by atoms with E-state index in [1.807, 2.05) is 17.0 Å². The summed E-state index contributed by atoms with van der Waals surface area (Å²) >= 11 is 1.14. The first kappa shape index (κ1) is 33.4. The van der Waals surface area contributed by atoms with Crippen molar-refractivity contribution in [2.75, 3.05) is 26.2 Å². The van der Waals surface area contributed by atoms with Crippen LogP contribution in [0.1, 0.15) is 49.7 Å². The molecule has 1 fully saturated rings. The molecule has 0 aliphatic heterocycles. The second-order valence-electron chi connectivity index (χ2n) is 9.74. The topological polar surface area (TPSA) is 101 Å². The quantitative estimate of drug-likeness (QED) is 0.234. The Morgan fingerprint density at radius 3 is 2.62 bits per heavy atom. The minimum Gasteiger partial charge on any atom is -0.506 e. The molecule has 1 aliphatic carbocycles. The number of benzene rings is 2. The Morgan fingerprint density at radius 2 is 1.90 bits per heavy atom. The molecule has 1 saturated carbocycles. The standard InChI is InChI=1S/C28H37FN4O3S.2BrH/c29-22-6-4-5-20(19-22)13-17-33-26-24(34)10-9-21(27(26)37-28(33)36)12-15-31-16-18-32(25(35)11-14-30)23-7-2-1-3-8-23;;/h4-6,9-10,19,23,31,34H,1-3,7-8,11-18,30H2;2*1H. The Labute approximate surface area is 254 Å². The average Bonchev–Trinajstić information content (AvgIpc) is 3.23. The van der Waals surface area contributed by atoms with Crippen LogP contribution in [-0.4, -0.2) is 52.7 Å². The van der Waals surface area contributed by atoms with Gasteiger partial charge in [-0.05, 0) is 61.6 Å². The van der Waals surface area contributed by atoms with Gasteiger partial charge in [0.25, 0.3) is 0 Å². The van der Waals surface area contributed by atoms with Crippen molar-refractivity contribution in [2.24, 2.45) is 5.73 Å². The highest BCUT2D eigenvalue weighted by atomic mass is 79.9. The molecule has 0 unspecified atom stereocenters. The van der Waals surface area contributed by atoms with Crippen LogP contribution in [-0.2, 0) is 24.2 Å². The van der Waals surface area contributed by atoms with Crippen molar-refractivity contribution >= 4 is 61.4 Å². The Kier molecular flexibility index (Phi) is 14.1. The van der Waals surface area contributed by atoms with Crippen LogP contribution < -0.4 is 15.9 Å². The van der Waals surface area contributed by atoms with Gasteiger partial charge in [0.15, 0.2) is 0 Å². The van der Waals surface area contributed by atoms with Gasteiger partial charge in [-0.3, -0.25) is 14.2 Å². The maximum absolute atomic E-state index is 13.5. The number of carbonyl (C=O) groups excluding carboxylic acids is 1. The smallest absolute Gasteiger partial charge is 0.308 e. The summed E-state index contributed by atoms with van der Waals surface area (Å²) in [6, 6.07) is 10.2. The highest BCUT2D eigenvalue weighted by Gasteiger charge is 2.24. The number of phenols is 1. The SMILES string of the molecule is Br.Br.NCCC(=O)N(CCNCCc1ccc(O)c2c1sc(=O)n2CCc1cccc(F)c1)C1CCCCC1. The second kappa shape index (κ2) is 16.5. The normalized spacial score (nSPS) is 13.6. The number of nitrogens with two attached hydrogens (primary N) is 1.